The van der Waals surface area contributed by atoms with Gasteiger partial charge in [-0.3, -0.25) is 13.8 Å². The zero-order valence-corrected chi connectivity index (χ0v) is 38.7. The Labute approximate surface area is 352 Å². The monoisotopic (exact) mass is 824 g/mol. The van der Waals surface area contributed by atoms with E-state index >= 15 is 0 Å². The minimum atomic E-state index is -4.35. The van der Waals surface area contributed by atoms with E-state index in [9.17, 15) is 19.4 Å². The summed E-state index contributed by atoms with van der Waals surface area (Å²) in [4.78, 5) is 23.1. The summed E-state index contributed by atoms with van der Waals surface area (Å²) in [6, 6.07) is -0.873. The molecule has 0 saturated carbocycles. The van der Waals surface area contributed by atoms with Crippen molar-refractivity contribution in [2.45, 2.75) is 212 Å². The third-order valence-corrected chi connectivity index (χ3v) is 11.2. The minimum Gasteiger partial charge on any atom is -0.387 e. The van der Waals surface area contributed by atoms with Gasteiger partial charge in [-0.15, -0.1) is 0 Å². The number of phosphoric ester groups is 1. The molecular weight excluding hydrogens is 732 g/mol. The summed E-state index contributed by atoms with van der Waals surface area (Å²) in [5.74, 6) is -0.202. The van der Waals surface area contributed by atoms with Crippen LogP contribution in [-0.2, 0) is 18.4 Å². The van der Waals surface area contributed by atoms with Crippen molar-refractivity contribution in [3.8, 4) is 0 Å². The maximum atomic E-state index is 12.8. The second kappa shape index (κ2) is 39.9. The molecule has 0 rings (SSSR count). The van der Waals surface area contributed by atoms with Gasteiger partial charge < -0.3 is 19.8 Å². The van der Waals surface area contributed by atoms with E-state index < -0.39 is 20.0 Å². The zero-order chi connectivity index (χ0) is 42.1. The van der Waals surface area contributed by atoms with Crippen LogP contribution in [-0.4, -0.2) is 73.4 Å². The van der Waals surface area contributed by atoms with Crippen molar-refractivity contribution in [2.24, 2.45) is 0 Å². The van der Waals surface area contributed by atoms with Gasteiger partial charge in [0.25, 0.3) is 0 Å². The van der Waals surface area contributed by atoms with Crippen molar-refractivity contribution in [2.75, 3.05) is 40.9 Å². The molecule has 0 bridgehead atoms. The molecule has 57 heavy (non-hydrogen) atoms. The molecule has 0 aromatic rings. The summed E-state index contributed by atoms with van der Waals surface area (Å²) in [6.07, 6.45) is 50.5. The predicted molar refractivity (Wildman–Crippen MR) is 244 cm³/mol. The summed E-state index contributed by atoms with van der Waals surface area (Å²) in [7, 11) is 1.54. The van der Waals surface area contributed by atoms with Gasteiger partial charge in [-0.2, -0.15) is 0 Å². The normalized spacial score (nSPS) is 14.7. The number of hydrogen-bond acceptors (Lipinski definition) is 5. The van der Waals surface area contributed by atoms with Gasteiger partial charge in [0.2, 0.25) is 5.91 Å². The number of nitrogens with zero attached hydrogens (tertiary/aromatic N) is 1. The summed E-state index contributed by atoms with van der Waals surface area (Å²) in [6.45, 7) is 4.76. The van der Waals surface area contributed by atoms with E-state index in [1.54, 1.807) is 6.08 Å². The molecule has 0 saturated heterocycles. The van der Waals surface area contributed by atoms with Crippen LogP contribution in [0.25, 0.3) is 0 Å². The number of rotatable bonds is 42. The zero-order valence-electron chi connectivity index (χ0n) is 37.8. The number of aliphatic hydroxyl groups is 1. The maximum Gasteiger partial charge on any atom is 0.472 e. The highest BCUT2D eigenvalue weighted by atomic mass is 31.2. The van der Waals surface area contributed by atoms with Gasteiger partial charge in [-0.05, 0) is 70.6 Å². The molecule has 1 amide bonds. The smallest absolute Gasteiger partial charge is 0.387 e. The molecule has 0 aromatic heterocycles. The lowest BCUT2D eigenvalue weighted by Crippen LogP contribution is -2.45. The van der Waals surface area contributed by atoms with Crippen LogP contribution >= 0.6 is 7.82 Å². The Hall–Kier alpha value is -1.54. The first kappa shape index (κ1) is 55.5. The largest absolute Gasteiger partial charge is 0.472 e. The van der Waals surface area contributed by atoms with Gasteiger partial charge in [0, 0.05) is 6.42 Å². The van der Waals surface area contributed by atoms with Crippen LogP contribution in [0.5, 0.6) is 0 Å². The Balaban J connectivity index is 4.45. The fourth-order valence-electron chi connectivity index (χ4n) is 6.48. The number of amides is 1. The lowest BCUT2D eigenvalue weighted by molar-refractivity contribution is -0.870. The van der Waals surface area contributed by atoms with Crippen molar-refractivity contribution >= 4 is 13.7 Å². The average molecular weight is 824 g/mol. The Morgan fingerprint density at radius 2 is 0.965 bits per heavy atom. The number of unbranched alkanes of at least 4 members (excludes halogenated alkanes) is 23. The summed E-state index contributed by atoms with van der Waals surface area (Å²) >= 11 is 0. The Bertz CT molecular complexity index is 1070. The number of carbonyl (C=O) groups is 1. The number of allylic oxidation sites excluding steroid dienone is 7. The number of nitrogens with one attached hydrogen (secondary N) is 1. The molecule has 0 aromatic carbocycles. The van der Waals surface area contributed by atoms with Gasteiger partial charge in [0.05, 0.1) is 39.9 Å². The third-order valence-electron chi connectivity index (χ3n) is 10.2. The summed E-state index contributed by atoms with van der Waals surface area (Å²) in [5.41, 5.74) is 0. The fourth-order valence-corrected chi connectivity index (χ4v) is 7.21. The SMILES string of the molecule is CCCCCC/C=C\CCCCCCCC(=O)NC(COP(=O)(O)OCC[N+](C)(C)C)C(O)/C=C/CC/C=C/CC/C=C/CCCCCCCCCCCCCC. The average Bonchev–Trinajstić information content (AvgIpc) is 3.16. The van der Waals surface area contributed by atoms with Crippen molar-refractivity contribution in [3.63, 3.8) is 0 Å². The second-order valence-electron chi connectivity index (χ2n) is 17.1. The Morgan fingerprint density at radius 1 is 0.579 bits per heavy atom. The van der Waals surface area contributed by atoms with E-state index in [4.69, 9.17) is 9.05 Å². The second-order valence-corrected chi connectivity index (χ2v) is 18.6. The van der Waals surface area contributed by atoms with Crippen molar-refractivity contribution in [3.05, 3.63) is 48.6 Å². The first-order valence-corrected chi connectivity index (χ1v) is 25.0. The van der Waals surface area contributed by atoms with Crippen LogP contribution in [0.4, 0.5) is 0 Å². The van der Waals surface area contributed by atoms with Crippen LogP contribution in [0.2, 0.25) is 0 Å². The van der Waals surface area contributed by atoms with Crippen LogP contribution < -0.4 is 5.32 Å². The fraction of sp³-hybridized carbons (Fsp3) is 0.812. The van der Waals surface area contributed by atoms with Gasteiger partial charge >= 0.3 is 7.82 Å². The molecule has 0 aliphatic carbocycles. The number of hydrogen-bond donors (Lipinski definition) is 3. The molecule has 334 valence electrons. The van der Waals surface area contributed by atoms with E-state index in [-0.39, 0.29) is 19.1 Å². The van der Waals surface area contributed by atoms with Crippen molar-refractivity contribution in [1.29, 1.82) is 0 Å². The predicted octanol–water partition coefficient (Wildman–Crippen LogP) is 13.2. The summed E-state index contributed by atoms with van der Waals surface area (Å²) < 4.78 is 23.5. The van der Waals surface area contributed by atoms with E-state index in [2.05, 4.69) is 55.6 Å². The molecule has 0 aliphatic rings. The highest BCUT2D eigenvalue weighted by Gasteiger charge is 2.27. The number of phosphoric acid groups is 1. The lowest BCUT2D eigenvalue weighted by atomic mass is 10.0. The molecule has 0 fully saturated rings. The number of likely N-dealkylation sites (N-methyl/N-ethyl adjacent to an activating group) is 1. The van der Waals surface area contributed by atoms with Gasteiger partial charge in [0.15, 0.2) is 0 Å². The van der Waals surface area contributed by atoms with E-state index in [1.165, 1.54) is 122 Å². The Morgan fingerprint density at radius 3 is 1.42 bits per heavy atom. The Kier molecular flexibility index (Phi) is 38.8. The molecule has 3 unspecified atom stereocenters. The molecule has 3 N–H and O–H groups in total. The van der Waals surface area contributed by atoms with Crippen LogP contribution in [0.1, 0.15) is 200 Å². The molecule has 0 radical (unpaired) electrons. The molecule has 8 nitrogen and oxygen atoms in total. The van der Waals surface area contributed by atoms with Gasteiger partial charge in [-0.25, -0.2) is 4.57 Å². The first-order valence-electron chi connectivity index (χ1n) is 23.5. The molecule has 0 aliphatic heterocycles. The molecule has 0 heterocycles. The van der Waals surface area contributed by atoms with E-state index in [0.717, 1.165) is 57.8 Å². The first-order chi connectivity index (χ1) is 27.5. The van der Waals surface area contributed by atoms with Crippen molar-refractivity contribution in [1.82, 2.24) is 5.32 Å². The highest BCUT2D eigenvalue weighted by molar-refractivity contribution is 7.47. The molecule has 0 spiro atoms. The molecular formula is C48H92N2O6P+. The highest BCUT2D eigenvalue weighted by Crippen LogP contribution is 2.43. The quantitative estimate of drug-likeness (QED) is 0.0245. The van der Waals surface area contributed by atoms with Crippen LogP contribution in [0.3, 0.4) is 0 Å². The minimum absolute atomic E-state index is 0.0510. The van der Waals surface area contributed by atoms with Crippen LogP contribution in [0, 0.1) is 0 Å². The molecule has 3 atom stereocenters. The number of quaternary nitrogens is 1. The van der Waals surface area contributed by atoms with E-state index in [1.807, 2.05) is 27.2 Å². The van der Waals surface area contributed by atoms with Gasteiger partial charge in [-0.1, -0.05) is 172 Å². The number of aliphatic hydroxyl groups excluding tert-OH is 1. The van der Waals surface area contributed by atoms with Crippen LogP contribution in [0.15, 0.2) is 48.6 Å². The standard InChI is InChI=1S/C48H91N2O6P/c1-6-8-10-12-14-16-18-20-21-22-23-24-25-26-27-28-30-31-33-35-37-39-41-47(51)46(45-56-57(53,54)55-44-43-50(3,4)5)49-48(52)42-40-38-36-34-32-29-19-17-15-13-11-9-7-2/h17,19,26-27,31,33,39,41,46-47,51H,6-16,18,20-25,28-30,32,34-38,40,42-45H2,1-5H3,(H-,49,52,53,54)/p+1/b19-17-,27-26+,33-31+,41-39+. The third kappa shape index (κ3) is 42.4. The van der Waals surface area contributed by atoms with Crippen molar-refractivity contribution < 1.29 is 32.9 Å². The topological polar surface area (TPSA) is 105 Å². The van der Waals surface area contributed by atoms with E-state index in [0.29, 0.717) is 17.4 Å². The maximum absolute atomic E-state index is 12.8. The summed E-state index contributed by atoms with van der Waals surface area (Å²) in [5, 5.41) is 13.8. The number of carbonyl (C=O) groups excluding carboxylic acids is 1. The van der Waals surface area contributed by atoms with Gasteiger partial charge in [0.1, 0.15) is 13.2 Å². The molecule has 9 heteroatoms. The lowest BCUT2D eigenvalue weighted by Gasteiger charge is -2.25.